The number of hydrogen-bond donors (Lipinski definition) is 0. The van der Waals surface area contributed by atoms with Crippen LogP contribution in [0, 0.1) is 0 Å². The molecule has 114 valence electrons. The van der Waals surface area contributed by atoms with Gasteiger partial charge in [-0.3, -0.25) is 4.79 Å². The Bertz CT molecular complexity index is 766. The number of rotatable bonds is 1. The van der Waals surface area contributed by atoms with Crippen LogP contribution in [0.25, 0.3) is 0 Å². The summed E-state index contributed by atoms with van der Waals surface area (Å²) in [5.41, 5.74) is 5.61. The lowest BCUT2D eigenvalue weighted by molar-refractivity contribution is 0.0730. The van der Waals surface area contributed by atoms with Gasteiger partial charge in [-0.05, 0) is 54.1 Å². The number of benzene rings is 1. The highest BCUT2D eigenvalue weighted by Crippen LogP contribution is 2.26. The molecule has 0 saturated carbocycles. The van der Waals surface area contributed by atoms with Crippen LogP contribution in [0.3, 0.4) is 0 Å². The Hall–Kier alpha value is -1.81. The fourth-order valence-corrected chi connectivity index (χ4v) is 3.72. The number of carbonyl (C=O) groups excluding carboxylic acids is 1. The minimum Gasteiger partial charge on any atom is -0.332 e. The maximum absolute atomic E-state index is 12.8. The van der Waals surface area contributed by atoms with E-state index >= 15 is 0 Å². The molecule has 4 nitrogen and oxygen atoms in total. The first-order valence-corrected chi connectivity index (χ1v) is 8.12. The van der Waals surface area contributed by atoms with Gasteiger partial charge in [-0.2, -0.15) is 0 Å². The number of aryl methyl sites for hydroxylation is 2. The number of nitrogens with zero attached hydrogens (tertiary/aromatic N) is 3. The third-order valence-electron chi connectivity index (χ3n) is 4.83. The highest BCUT2D eigenvalue weighted by atomic mass is 35.5. The summed E-state index contributed by atoms with van der Waals surface area (Å²) in [6, 6.07) is 6.17. The van der Waals surface area contributed by atoms with E-state index in [0.29, 0.717) is 18.4 Å². The molecule has 0 radical (unpaired) electrons. The minimum atomic E-state index is 0.109. The Morgan fingerprint density at radius 2 is 2.05 bits per heavy atom. The standard InChI is InChI=1S/C17H18ClN3O/c1-20-15-10-21(8-7-14(15)19-17(20)18)16(22)13-6-5-11-3-2-4-12(11)9-13/h5-6,9H,2-4,7-8,10H2,1H3. The van der Waals surface area contributed by atoms with Crippen LogP contribution in [-0.4, -0.2) is 26.9 Å². The Morgan fingerprint density at radius 1 is 1.23 bits per heavy atom. The van der Waals surface area contributed by atoms with E-state index in [0.717, 1.165) is 36.2 Å². The lowest BCUT2D eigenvalue weighted by Gasteiger charge is -2.27. The van der Waals surface area contributed by atoms with Crippen LogP contribution in [0.5, 0.6) is 0 Å². The minimum absolute atomic E-state index is 0.109. The highest BCUT2D eigenvalue weighted by Gasteiger charge is 2.26. The summed E-state index contributed by atoms with van der Waals surface area (Å²) in [6.07, 6.45) is 4.21. The Labute approximate surface area is 134 Å². The molecule has 2 aliphatic rings. The molecule has 1 amide bonds. The van der Waals surface area contributed by atoms with Gasteiger partial charge in [0.15, 0.2) is 0 Å². The molecule has 0 saturated heterocycles. The smallest absolute Gasteiger partial charge is 0.254 e. The molecule has 0 bridgehead atoms. The van der Waals surface area contributed by atoms with Crippen LogP contribution in [0.2, 0.25) is 5.28 Å². The predicted octanol–water partition coefficient (Wildman–Crippen LogP) is 2.76. The quantitative estimate of drug-likeness (QED) is 0.811. The summed E-state index contributed by atoms with van der Waals surface area (Å²) >= 11 is 6.08. The van der Waals surface area contributed by atoms with Crippen molar-refractivity contribution in [1.29, 1.82) is 0 Å². The monoisotopic (exact) mass is 315 g/mol. The lowest BCUT2D eigenvalue weighted by Crippen LogP contribution is -2.36. The Morgan fingerprint density at radius 3 is 2.91 bits per heavy atom. The first kappa shape index (κ1) is 13.8. The molecule has 1 aliphatic carbocycles. The predicted molar refractivity (Wildman–Crippen MR) is 85.1 cm³/mol. The fraction of sp³-hybridized carbons (Fsp3) is 0.412. The first-order valence-electron chi connectivity index (χ1n) is 7.74. The van der Waals surface area contributed by atoms with Gasteiger partial charge >= 0.3 is 0 Å². The zero-order chi connectivity index (χ0) is 15.3. The van der Waals surface area contributed by atoms with Gasteiger partial charge in [-0.25, -0.2) is 4.98 Å². The number of fused-ring (bicyclic) bond motifs is 2. The van der Waals surface area contributed by atoms with Crippen LogP contribution in [0.1, 0.15) is 39.3 Å². The molecule has 5 heteroatoms. The van der Waals surface area contributed by atoms with Crippen LogP contribution in [-0.2, 0) is 32.9 Å². The third-order valence-corrected chi connectivity index (χ3v) is 5.17. The molecule has 2 heterocycles. The van der Waals surface area contributed by atoms with Crippen molar-refractivity contribution in [1.82, 2.24) is 14.5 Å². The van der Waals surface area contributed by atoms with Crippen molar-refractivity contribution in [2.24, 2.45) is 7.05 Å². The van der Waals surface area contributed by atoms with Crippen molar-refractivity contribution in [2.75, 3.05) is 6.54 Å². The highest BCUT2D eigenvalue weighted by molar-refractivity contribution is 6.28. The third kappa shape index (κ3) is 2.13. The number of hydrogen-bond acceptors (Lipinski definition) is 2. The molecule has 0 unspecified atom stereocenters. The topological polar surface area (TPSA) is 38.1 Å². The van der Waals surface area contributed by atoms with E-state index in [9.17, 15) is 4.79 Å². The molecule has 0 N–H and O–H groups in total. The summed E-state index contributed by atoms with van der Waals surface area (Å²) in [5, 5.41) is 0.497. The van der Waals surface area contributed by atoms with Crippen LogP contribution < -0.4 is 0 Å². The van der Waals surface area contributed by atoms with Crippen molar-refractivity contribution in [3.05, 3.63) is 51.6 Å². The van der Waals surface area contributed by atoms with Crippen molar-refractivity contribution in [3.8, 4) is 0 Å². The zero-order valence-corrected chi connectivity index (χ0v) is 13.4. The lowest BCUT2D eigenvalue weighted by atomic mass is 10.0. The SMILES string of the molecule is Cn1c(Cl)nc2c1CN(C(=O)c1ccc3c(c1)CCC3)CC2. The molecule has 1 aromatic heterocycles. The summed E-state index contributed by atoms with van der Waals surface area (Å²) in [6.45, 7) is 1.29. The molecular formula is C17H18ClN3O. The molecule has 0 atom stereocenters. The summed E-state index contributed by atoms with van der Waals surface area (Å²) in [4.78, 5) is 19.0. The second-order valence-corrected chi connectivity index (χ2v) is 6.49. The molecule has 1 aliphatic heterocycles. The molecular weight excluding hydrogens is 298 g/mol. The van der Waals surface area contributed by atoms with Crippen LogP contribution in [0.15, 0.2) is 18.2 Å². The summed E-state index contributed by atoms with van der Waals surface area (Å²) in [7, 11) is 1.90. The maximum Gasteiger partial charge on any atom is 0.254 e. The average molecular weight is 316 g/mol. The van der Waals surface area contributed by atoms with Gasteiger partial charge in [0.1, 0.15) is 0 Å². The van der Waals surface area contributed by atoms with Crippen molar-refractivity contribution in [3.63, 3.8) is 0 Å². The van der Waals surface area contributed by atoms with Crippen molar-refractivity contribution in [2.45, 2.75) is 32.2 Å². The second kappa shape index (κ2) is 5.13. The van der Waals surface area contributed by atoms with Crippen LogP contribution in [0.4, 0.5) is 0 Å². The molecule has 1 aromatic carbocycles. The van der Waals surface area contributed by atoms with E-state index in [1.807, 2.05) is 22.6 Å². The van der Waals surface area contributed by atoms with Crippen LogP contribution >= 0.6 is 11.6 Å². The van der Waals surface area contributed by atoms with Gasteiger partial charge in [0.2, 0.25) is 5.28 Å². The average Bonchev–Trinajstić information content (AvgIpc) is 3.11. The van der Waals surface area contributed by atoms with Gasteiger partial charge in [-0.1, -0.05) is 6.07 Å². The molecule has 22 heavy (non-hydrogen) atoms. The van der Waals surface area contributed by atoms with Gasteiger partial charge in [0.25, 0.3) is 5.91 Å². The van der Waals surface area contributed by atoms with Gasteiger partial charge in [-0.15, -0.1) is 0 Å². The Kier molecular flexibility index (Phi) is 3.22. The Balaban J connectivity index is 1.60. The number of aromatic nitrogens is 2. The van der Waals surface area contributed by atoms with E-state index in [4.69, 9.17) is 11.6 Å². The molecule has 0 fully saturated rings. The van der Waals surface area contributed by atoms with Crippen molar-refractivity contribution >= 4 is 17.5 Å². The summed E-state index contributed by atoms with van der Waals surface area (Å²) in [5.74, 6) is 0.109. The van der Waals surface area contributed by atoms with Gasteiger partial charge < -0.3 is 9.47 Å². The van der Waals surface area contributed by atoms with E-state index in [1.165, 1.54) is 17.5 Å². The van der Waals surface area contributed by atoms with E-state index in [1.54, 1.807) is 0 Å². The maximum atomic E-state index is 12.8. The largest absolute Gasteiger partial charge is 0.332 e. The number of imidazole rings is 1. The van der Waals surface area contributed by atoms with Gasteiger partial charge in [0, 0.05) is 25.6 Å². The first-order chi connectivity index (χ1) is 10.6. The van der Waals surface area contributed by atoms with E-state index in [2.05, 4.69) is 17.1 Å². The number of carbonyl (C=O) groups is 1. The number of halogens is 1. The normalized spacial score (nSPS) is 16.5. The summed E-state index contributed by atoms with van der Waals surface area (Å²) < 4.78 is 1.87. The van der Waals surface area contributed by atoms with E-state index in [-0.39, 0.29) is 5.91 Å². The molecule has 2 aromatic rings. The second-order valence-electron chi connectivity index (χ2n) is 6.15. The van der Waals surface area contributed by atoms with Crippen molar-refractivity contribution < 1.29 is 4.79 Å². The molecule has 0 spiro atoms. The van der Waals surface area contributed by atoms with Gasteiger partial charge in [0.05, 0.1) is 17.9 Å². The number of amides is 1. The zero-order valence-electron chi connectivity index (χ0n) is 12.6. The fourth-order valence-electron chi connectivity index (χ4n) is 3.51. The van der Waals surface area contributed by atoms with E-state index < -0.39 is 0 Å². The molecule has 4 rings (SSSR count).